The fraction of sp³-hybridized carbons (Fsp3) is 0.208. The number of hydrogen-bond donors (Lipinski definition) is 0. The minimum Gasteiger partial charge on any atom is -0.318 e. The van der Waals surface area contributed by atoms with Gasteiger partial charge >= 0.3 is 0 Å². The van der Waals surface area contributed by atoms with Gasteiger partial charge in [0.1, 0.15) is 5.82 Å². The van der Waals surface area contributed by atoms with Crippen LogP contribution in [0, 0.1) is 13.8 Å². The van der Waals surface area contributed by atoms with Gasteiger partial charge in [-0.3, -0.25) is 4.79 Å². The Morgan fingerprint density at radius 2 is 1.84 bits per heavy atom. The summed E-state index contributed by atoms with van der Waals surface area (Å²) in [6.07, 6.45) is 1.72. The summed E-state index contributed by atoms with van der Waals surface area (Å²) in [5.74, 6) is 0.653. The van der Waals surface area contributed by atoms with E-state index in [4.69, 9.17) is 16.6 Å². The number of halogens is 3. The highest BCUT2D eigenvalue weighted by Gasteiger charge is 2.15. The molecule has 2 heterocycles. The summed E-state index contributed by atoms with van der Waals surface area (Å²) in [6, 6.07) is 13.4. The maximum Gasteiger partial charge on any atom is 0.282 e. The molecule has 0 spiro atoms. The van der Waals surface area contributed by atoms with E-state index in [1.165, 1.54) is 4.68 Å². The molecule has 0 N–H and O–H groups in total. The zero-order valence-corrected chi connectivity index (χ0v) is 22.0. The van der Waals surface area contributed by atoms with Gasteiger partial charge < -0.3 is 4.57 Å². The van der Waals surface area contributed by atoms with Gasteiger partial charge in [-0.15, -0.1) is 0 Å². The molecule has 2 aromatic heterocycles. The molecule has 0 unspecified atom stereocenters. The van der Waals surface area contributed by atoms with Gasteiger partial charge in [0.05, 0.1) is 22.1 Å². The highest BCUT2D eigenvalue weighted by atomic mass is 79.9. The lowest BCUT2D eigenvalue weighted by Gasteiger charge is -2.12. The Hall–Kier alpha value is -2.22. The first-order chi connectivity index (χ1) is 15.2. The van der Waals surface area contributed by atoms with E-state index in [1.54, 1.807) is 12.3 Å². The molecule has 0 aliphatic heterocycles. The van der Waals surface area contributed by atoms with E-state index in [1.807, 2.05) is 64.1 Å². The highest BCUT2D eigenvalue weighted by Crippen LogP contribution is 2.28. The van der Waals surface area contributed by atoms with Crippen molar-refractivity contribution in [1.29, 1.82) is 0 Å². The van der Waals surface area contributed by atoms with Gasteiger partial charge in [0.2, 0.25) is 0 Å². The molecule has 164 valence electrons. The summed E-state index contributed by atoms with van der Waals surface area (Å²) >= 11 is 13.2. The molecular weight excluding hydrogens is 556 g/mol. The summed E-state index contributed by atoms with van der Waals surface area (Å²) in [6.45, 7) is 8.05. The van der Waals surface area contributed by atoms with Crippen LogP contribution in [0.5, 0.6) is 0 Å². The van der Waals surface area contributed by atoms with E-state index in [9.17, 15) is 4.79 Å². The lowest BCUT2D eigenvalue weighted by atomic mass is 10.2. The molecule has 2 aromatic carbocycles. The predicted molar refractivity (Wildman–Crippen MR) is 139 cm³/mol. The monoisotopic (exact) mass is 574 g/mol. The number of hydrogen-bond acceptors (Lipinski definition) is 3. The van der Waals surface area contributed by atoms with Crippen molar-refractivity contribution in [2.75, 3.05) is 0 Å². The van der Waals surface area contributed by atoms with Crippen LogP contribution in [-0.4, -0.2) is 20.4 Å². The Morgan fingerprint density at radius 3 is 2.53 bits per heavy atom. The quantitative estimate of drug-likeness (QED) is 0.246. The van der Waals surface area contributed by atoms with Crippen molar-refractivity contribution < 1.29 is 0 Å². The Kier molecular flexibility index (Phi) is 6.43. The first-order valence-electron chi connectivity index (χ1n) is 10.1. The molecule has 0 radical (unpaired) electrons. The molecule has 32 heavy (non-hydrogen) atoms. The third-order valence-electron chi connectivity index (χ3n) is 5.29. The van der Waals surface area contributed by atoms with Crippen molar-refractivity contribution in [3.8, 4) is 5.69 Å². The van der Waals surface area contributed by atoms with Crippen LogP contribution < -0.4 is 5.56 Å². The minimum atomic E-state index is -0.190. The van der Waals surface area contributed by atoms with Crippen LogP contribution in [0.1, 0.15) is 42.5 Å². The van der Waals surface area contributed by atoms with Crippen LogP contribution in [0.15, 0.2) is 61.3 Å². The second-order valence-corrected chi connectivity index (χ2v) is 10.1. The molecule has 4 rings (SSSR count). The third-order valence-corrected chi connectivity index (χ3v) is 7.02. The second kappa shape index (κ2) is 8.96. The van der Waals surface area contributed by atoms with Gasteiger partial charge in [-0.05, 0) is 72.2 Å². The average Bonchev–Trinajstić information content (AvgIpc) is 3.02. The maximum atomic E-state index is 13.2. The first kappa shape index (κ1) is 23.0. The van der Waals surface area contributed by atoms with Crippen LogP contribution >= 0.6 is 43.5 Å². The van der Waals surface area contributed by atoms with Crippen molar-refractivity contribution >= 4 is 60.6 Å². The summed E-state index contributed by atoms with van der Waals surface area (Å²) in [5, 5.41) is 5.74. The number of rotatable bonds is 4. The number of nitrogens with zero attached hydrogens (tertiary/aromatic N) is 4. The van der Waals surface area contributed by atoms with E-state index >= 15 is 0 Å². The Morgan fingerprint density at radius 1 is 1.09 bits per heavy atom. The number of aryl methyl sites for hydroxylation is 1. The van der Waals surface area contributed by atoms with Crippen LogP contribution in [0.2, 0.25) is 5.02 Å². The van der Waals surface area contributed by atoms with E-state index in [0.29, 0.717) is 21.7 Å². The molecule has 5 nitrogen and oxygen atoms in total. The Labute approximate surface area is 208 Å². The minimum absolute atomic E-state index is 0.0326. The summed E-state index contributed by atoms with van der Waals surface area (Å²) < 4.78 is 5.19. The van der Waals surface area contributed by atoms with Gasteiger partial charge in [-0.2, -0.15) is 9.78 Å². The molecule has 0 saturated heterocycles. The molecule has 0 saturated carbocycles. The molecule has 8 heteroatoms. The lowest BCUT2D eigenvalue weighted by molar-refractivity contribution is 0.665. The maximum absolute atomic E-state index is 13.2. The van der Waals surface area contributed by atoms with E-state index in [-0.39, 0.29) is 11.5 Å². The van der Waals surface area contributed by atoms with Crippen LogP contribution in [0.25, 0.3) is 16.6 Å². The normalized spacial score (nSPS) is 11.9. The van der Waals surface area contributed by atoms with Crippen LogP contribution in [-0.2, 0) is 0 Å². The van der Waals surface area contributed by atoms with Crippen molar-refractivity contribution in [3.63, 3.8) is 0 Å². The highest BCUT2D eigenvalue weighted by molar-refractivity contribution is 9.10. The average molecular weight is 577 g/mol. The SMILES string of the molecule is Cc1cc(C=Nn2c(C(C)C)nc3ccc(Br)cc3c2=O)c(C)n1-c1ccc(Br)c(Cl)c1. The molecule has 0 aliphatic rings. The van der Waals surface area contributed by atoms with Crippen LogP contribution in [0.3, 0.4) is 0 Å². The van der Waals surface area contributed by atoms with Crippen molar-refractivity contribution in [1.82, 2.24) is 14.2 Å². The molecule has 0 amide bonds. The van der Waals surface area contributed by atoms with E-state index < -0.39 is 0 Å². The Bertz CT molecular complexity index is 1440. The van der Waals surface area contributed by atoms with E-state index in [0.717, 1.165) is 31.6 Å². The predicted octanol–water partition coefficient (Wildman–Crippen LogP) is 6.99. The molecule has 0 fully saturated rings. The molecular formula is C24H21Br2ClN4O. The second-order valence-electron chi connectivity index (χ2n) is 7.91. The van der Waals surface area contributed by atoms with Crippen molar-refractivity contribution in [3.05, 3.63) is 89.6 Å². The van der Waals surface area contributed by atoms with Gasteiger partial charge in [0.25, 0.3) is 5.56 Å². The zero-order valence-electron chi connectivity index (χ0n) is 18.0. The Balaban J connectivity index is 1.83. The molecule has 0 aliphatic carbocycles. The third kappa shape index (κ3) is 4.21. The summed E-state index contributed by atoms with van der Waals surface area (Å²) in [4.78, 5) is 17.9. The smallest absolute Gasteiger partial charge is 0.282 e. The summed E-state index contributed by atoms with van der Waals surface area (Å²) in [7, 11) is 0. The standard InChI is InChI=1S/C24H21Br2ClN4O/c1-13(2)23-29-22-8-5-17(25)10-19(22)24(32)31(23)28-12-16-9-14(3)30(15(16)4)18-6-7-20(26)21(27)11-18/h5-13H,1-4H3. The largest absolute Gasteiger partial charge is 0.318 e. The van der Waals surface area contributed by atoms with Crippen molar-refractivity contribution in [2.45, 2.75) is 33.6 Å². The first-order valence-corrected chi connectivity index (χ1v) is 12.0. The van der Waals surface area contributed by atoms with Gasteiger partial charge in [0, 0.05) is 37.5 Å². The van der Waals surface area contributed by atoms with Gasteiger partial charge in [-0.25, -0.2) is 4.98 Å². The molecule has 4 aromatic rings. The van der Waals surface area contributed by atoms with Gasteiger partial charge in [-0.1, -0.05) is 41.4 Å². The number of aromatic nitrogens is 3. The summed E-state index contributed by atoms with van der Waals surface area (Å²) in [5.41, 5.74) is 4.39. The fourth-order valence-corrected chi connectivity index (χ4v) is 4.49. The zero-order chi connectivity index (χ0) is 23.2. The van der Waals surface area contributed by atoms with E-state index in [2.05, 4.69) is 41.5 Å². The molecule has 0 atom stereocenters. The topological polar surface area (TPSA) is 52.2 Å². The van der Waals surface area contributed by atoms with Gasteiger partial charge in [0.15, 0.2) is 0 Å². The number of fused-ring (bicyclic) bond motifs is 1. The molecule has 0 bridgehead atoms. The van der Waals surface area contributed by atoms with Crippen LogP contribution in [0.4, 0.5) is 0 Å². The fourth-order valence-electron chi connectivity index (χ4n) is 3.71. The van der Waals surface area contributed by atoms with Crippen molar-refractivity contribution in [2.24, 2.45) is 5.10 Å². The number of benzene rings is 2. The lowest BCUT2D eigenvalue weighted by Crippen LogP contribution is -2.23.